The number of rotatable bonds is 7. The SMILES string of the molecule is C=CC(C)(O)CCC1=C(C)[C@@H](CC(C)=O)[C@@H](OC(C)=O)C2C(C)(C)CCCC12C. The van der Waals surface area contributed by atoms with E-state index < -0.39 is 5.60 Å². The summed E-state index contributed by atoms with van der Waals surface area (Å²) in [5.41, 5.74) is 1.47. The van der Waals surface area contributed by atoms with Crippen molar-refractivity contribution in [3.05, 3.63) is 23.8 Å². The van der Waals surface area contributed by atoms with Gasteiger partial charge in [0.25, 0.3) is 0 Å². The van der Waals surface area contributed by atoms with Crippen molar-refractivity contribution in [3.63, 3.8) is 0 Å². The molecule has 4 nitrogen and oxygen atoms in total. The fraction of sp³-hybridized carbons (Fsp3) is 0.760. The Morgan fingerprint density at radius 3 is 2.41 bits per heavy atom. The molecule has 0 aromatic rings. The number of aliphatic hydroxyl groups is 1. The summed E-state index contributed by atoms with van der Waals surface area (Å²) in [6, 6.07) is 0. The first-order chi connectivity index (χ1) is 13.2. The van der Waals surface area contributed by atoms with E-state index in [1.54, 1.807) is 19.9 Å². The molecule has 4 heteroatoms. The van der Waals surface area contributed by atoms with Crippen LogP contribution in [-0.4, -0.2) is 28.6 Å². The maximum atomic E-state index is 12.1. The third-order valence-electron chi connectivity index (χ3n) is 7.62. The number of hydrogen-bond acceptors (Lipinski definition) is 4. The predicted molar refractivity (Wildman–Crippen MR) is 116 cm³/mol. The summed E-state index contributed by atoms with van der Waals surface area (Å²) < 4.78 is 5.97. The van der Waals surface area contributed by atoms with Crippen molar-refractivity contribution in [1.82, 2.24) is 0 Å². The number of Topliss-reactive ketones (excluding diaryl/α,β-unsaturated/α-hetero) is 1. The fourth-order valence-electron chi connectivity index (χ4n) is 6.27. The van der Waals surface area contributed by atoms with E-state index in [1.807, 2.05) is 0 Å². The van der Waals surface area contributed by atoms with E-state index in [0.717, 1.165) is 25.7 Å². The van der Waals surface area contributed by atoms with Crippen molar-refractivity contribution in [1.29, 1.82) is 0 Å². The van der Waals surface area contributed by atoms with Crippen LogP contribution in [0.2, 0.25) is 0 Å². The molecule has 2 aliphatic rings. The summed E-state index contributed by atoms with van der Waals surface area (Å²) in [5.74, 6) is -0.126. The molecule has 0 spiro atoms. The van der Waals surface area contributed by atoms with Crippen molar-refractivity contribution in [2.24, 2.45) is 22.7 Å². The Labute approximate surface area is 176 Å². The first kappa shape index (κ1) is 23.9. The predicted octanol–water partition coefficient (Wildman–Crippen LogP) is 5.39. The smallest absolute Gasteiger partial charge is 0.302 e. The van der Waals surface area contributed by atoms with Gasteiger partial charge in [0, 0.05) is 25.2 Å². The largest absolute Gasteiger partial charge is 0.462 e. The molecule has 0 radical (unpaired) electrons. The average Bonchev–Trinajstić information content (AvgIpc) is 2.56. The lowest BCUT2D eigenvalue weighted by atomic mass is 9.47. The van der Waals surface area contributed by atoms with Crippen LogP contribution < -0.4 is 0 Å². The van der Waals surface area contributed by atoms with Crippen molar-refractivity contribution in [2.45, 2.75) is 98.7 Å². The molecule has 0 aromatic heterocycles. The van der Waals surface area contributed by atoms with Gasteiger partial charge in [0.05, 0.1) is 5.60 Å². The Kier molecular flexibility index (Phi) is 6.89. The van der Waals surface area contributed by atoms with Crippen LogP contribution in [0.5, 0.6) is 0 Å². The van der Waals surface area contributed by atoms with Gasteiger partial charge >= 0.3 is 5.97 Å². The molecule has 0 amide bonds. The summed E-state index contributed by atoms with van der Waals surface area (Å²) in [6.07, 6.45) is 6.28. The van der Waals surface area contributed by atoms with Gasteiger partial charge in [-0.2, -0.15) is 0 Å². The van der Waals surface area contributed by atoms with E-state index >= 15 is 0 Å². The maximum Gasteiger partial charge on any atom is 0.302 e. The fourth-order valence-corrected chi connectivity index (χ4v) is 6.27. The zero-order valence-corrected chi connectivity index (χ0v) is 19.4. The van der Waals surface area contributed by atoms with Gasteiger partial charge in [-0.25, -0.2) is 0 Å². The molecule has 0 aliphatic heterocycles. The molecule has 3 unspecified atom stereocenters. The van der Waals surface area contributed by atoms with Crippen molar-refractivity contribution in [2.75, 3.05) is 0 Å². The Morgan fingerprint density at radius 1 is 1.28 bits per heavy atom. The molecule has 29 heavy (non-hydrogen) atoms. The van der Waals surface area contributed by atoms with Crippen LogP contribution in [0.1, 0.15) is 87.0 Å². The van der Waals surface area contributed by atoms with Crippen LogP contribution in [0.3, 0.4) is 0 Å². The number of esters is 1. The van der Waals surface area contributed by atoms with E-state index in [4.69, 9.17) is 4.74 Å². The highest BCUT2D eigenvalue weighted by Crippen LogP contribution is 2.62. The molecule has 5 atom stereocenters. The Morgan fingerprint density at radius 2 is 1.90 bits per heavy atom. The zero-order chi connectivity index (χ0) is 22.2. The quantitative estimate of drug-likeness (QED) is 0.456. The molecule has 1 fully saturated rings. The van der Waals surface area contributed by atoms with Crippen molar-refractivity contribution < 1.29 is 19.4 Å². The van der Waals surface area contributed by atoms with Gasteiger partial charge in [0.15, 0.2) is 0 Å². The summed E-state index contributed by atoms with van der Waals surface area (Å²) >= 11 is 0. The standard InChI is InChI=1S/C25H40O4/c1-9-24(7,28)14-11-20-17(3)19(15-16(2)26)21(29-18(4)27)22-23(5,6)12-10-13-25(20,22)8/h9,19,21-22,28H,1,10-15H2,2-8H3/t19-,21-,22?,24?,25?/m1/s1. The molecule has 2 rings (SSSR count). The van der Waals surface area contributed by atoms with Gasteiger partial charge in [-0.15, -0.1) is 6.58 Å². The summed E-state index contributed by atoms with van der Waals surface area (Å²) in [6.45, 7) is 17.6. The average molecular weight is 405 g/mol. The van der Waals surface area contributed by atoms with Crippen LogP contribution in [0, 0.1) is 22.7 Å². The van der Waals surface area contributed by atoms with E-state index in [-0.39, 0.29) is 40.5 Å². The molecule has 0 aromatic carbocycles. The van der Waals surface area contributed by atoms with E-state index in [2.05, 4.69) is 34.3 Å². The van der Waals surface area contributed by atoms with Crippen LogP contribution in [-0.2, 0) is 14.3 Å². The van der Waals surface area contributed by atoms with E-state index in [1.165, 1.54) is 18.1 Å². The number of fused-ring (bicyclic) bond motifs is 1. The van der Waals surface area contributed by atoms with Gasteiger partial charge in [-0.3, -0.25) is 4.79 Å². The number of allylic oxidation sites excluding steroid dienone is 1. The van der Waals surface area contributed by atoms with Gasteiger partial charge in [-0.05, 0) is 57.3 Å². The number of carbonyl (C=O) groups excluding carboxylic acids is 2. The molecule has 1 N–H and O–H groups in total. The molecular weight excluding hydrogens is 364 g/mol. The highest BCUT2D eigenvalue weighted by Gasteiger charge is 2.58. The minimum Gasteiger partial charge on any atom is -0.462 e. The molecule has 164 valence electrons. The summed E-state index contributed by atoms with van der Waals surface area (Å²) in [7, 11) is 0. The molecule has 0 heterocycles. The van der Waals surface area contributed by atoms with Crippen molar-refractivity contribution in [3.8, 4) is 0 Å². The number of ether oxygens (including phenoxy) is 1. The molecule has 1 saturated carbocycles. The molecular formula is C25H40O4. The molecule has 0 bridgehead atoms. The third-order valence-corrected chi connectivity index (χ3v) is 7.62. The molecule has 0 saturated heterocycles. The second-order valence-electron chi connectivity index (χ2n) is 10.5. The number of hydrogen-bond donors (Lipinski definition) is 1. The van der Waals surface area contributed by atoms with Crippen LogP contribution >= 0.6 is 0 Å². The highest BCUT2D eigenvalue weighted by atomic mass is 16.5. The Bertz CT molecular complexity index is 700. The highest BCUT2D eigenvalue weighted by molar-refractivity contribution is 5.76. The van der Waals surface area contributed by atoms with E-state index in [0.29, 0.717) is 12.8 Å². The second-order valence-corrected chi connectivity index (χ2v) is 10.5. The first-order valence-electron chi connectivity index (χ1n) is 11.0. The molecule has 2 aliphatic carbocycles. The number of ketones is 1. The lowest BCUT2D eigenvalue weighted by Crippen LogP contribution is -2.56. The first-order valence-corrected chi connectivity index (χ1v) is 11.0. The van der Waals surface area contributed by atoms with Gasteiger partial charge in [-0.1, -0.05) is 44.4 Å². The summed E-state index contributed by atoms with van der Waals surface area (Å²) in [4.78, 5) is 24.2. The minimum atomic E-state index is -0.924. The van der Waals surface area contributed by atoms with Crippen LogP contribution in [0.15, 0.2) is 23.8 Å². The zero-order valence-electron chi connectivity index (χ0n) is 19.4. The normalized spacial score (nSPS) is 33.4. The Balaban J connectivity index is 2.63. The second kappa shape index (κ2) is 8.37. The third kappa shape index (κ3) is 4.84. The van der Waals surface area contributed by atoms with Crippen LogP contribution in [0.25, 0.3) is 0 Å². The van der Waals surface area contributed by atoms with Gasteiger partial charge in [0.2, 0.25) is 0 Å². The Hall–Kier alpha value is -1.42. The lowest BCUT2D eigenvalue weighted by Gasteiger charge is -2.59. The van der Waals surface area contributed by atoms with Gasteiger partial charge < -0.3 is 14.6 Å². The topological polar surface area (TPSA) is 63.6 Å². The number of carbonyl (C=O) groups is 2. The minimum absolute atomic E-state index is 0.00490. The maximum absolute atomic E-state index is 12.1. The van der Waals surface area contributed by atoms with Crippen molar-refractivity contribution >= 4 is 11.8 Å². The van der Waals surface area contributed by atoms with Crippen LogP contribution in [0.4, 0.5) is 0 Å². The summed E-state index contributed by atoms with van der Waals surface area (Å²) in [5, 5.41) is 10.5. The monoisotopic (exact) mass is 404 g/mol. The van der Waals surface area contributed by atoms with Gasteiger partial charge in [0.1, 0.15) is 11.9 Å². The lowest BCUT2D eigenvalue weighted by molar-refractivity contribution is -0.168. The van der Waals surface area contributed by atoms with E-state index in [9.17, 15) is 14.7 Å².